The van der Waals surface area contributed by atoms with E-state index in [1.807, 2.05) is 0 Å². The van der Waals surface area contributed by atoms with Crippen LogP contribution in [-0.2, 0) is 4.79 Å². The number of nitrogens with one attached hydrogen (secondary N) is 1. The maximum atomic E-state index is 12.9. The summed E-state index contributed by atoms with van der Waals surface area (Å²) in [6.45, 7) is -1.66. The number of piperidine rings is 2. The van der Waals surface area contributed by atoms with Crippen molar-refractivity contribution in [2.75, 3.05) is 32.7 Å². The Morgan fingerprint density at radius 3 is 2.45 bits per heavy atom. The molecule has 3 rings (SSSR count). The monoisotopic (exact) mass is 445 g/mol. The molecule has 2 amide bonds. The summed E-state index contributed by atoms with van der Waals surface area (Å²) < 4.78 is 54.7. The van der Waals surface area contributed by atoms with E-state index >= 15 is 0 Å². The molecule has 1 unspecified atom stereocenters. The fraction of sp³-hybridized carbons (Fsp3) is 0.619. The van der Waals surface area contributed by atoms with Crippen LogP contribution in [0.15, 0.2) is 24.3 Å². The normalized spacial score (nSPS) is 20.8. The maximum absolute atomic E-state index is 12.9. The second-order valence-corrected chi connectivity index (χ2v) is 7.94. The van der Waals surface area contributed by atoms with Crippen molar-refractivity contribution in [1.29, 1.82) is 0 Å². The Bertz CT molecular complexity index is 757. The molecule has 0 saturated carbocycles. The zero-order valence-electron chi connectivity index (χ0n) is 17.1. The van der Waals surface area contributed by atoms with Gasteiger partial charge in [-0.05, 0) is 37.8 Å². The number of amides is 2. The molecule has 0 aliphatic carbocycles. The molecule has 2 heterocycles. The highest BCUT2D eigenvalue weighted by atomic mass is 19.3. The number of carbonyl (C=O) groups is 2. The molecule has 1 atom stereocenters. The van der Waals surface area contributed by atoms with Crippen LogP contribution in [-0.4, -0.2) is 73.4 Å². The number of benzene rings is 1. The van der Waals surface area contributed by atoms with Crippen molar-refractivity contribution in [1.82, 2.24) is 15.1 Å². The topological polar surface area (TPSA) is 61.9 Å². The summed E-state index contributed by atoms with van der Waals surface area (Å²) >= 11 is 0. The van der Waals surface area contributed by atoms with Crippen molar-refractivity contribution in [2.45, 2.75) is 44.8 Å². The van der Waals surface area contributed by atoms with Crippen LogP contribution in [0, 0.1) is 5.92 Å². The van der Waals surface area contributed by atoms with Gasteiger partial charge in [-0.1, -0.05) is 12.1 Å². The van der Waals surface area contributed by atoms with Gasteiger partial charge in [0.2, 0.25) is 5.91 Å². The molecule has 1 N–H and O–H groups in total. The lowest BCUT2D eigenvalue weighted by molar-refractivity contribution is -0.127. The Morgan fingerprint density at radius 2 is 1.77 bits per heavy atom. The van der Waals surface area contributed by atoms with Crippen LogP contribution in [0.2, 0.25) is 0 Å². The van der Waals surface area contributed by atoms with Gasteiger partial charge in [-0.25, -0.2) is 8.78 Å². The molecule has 0 spiro atoms. The number of hydrogen-bond donors (Lipinski definition) is 1. The number of likely N-dealkylation sites (tertiary alicyclic amines) is 2. The Balaban J connectivity index is 1.55. The highest BCUT2D eigenvalue weighted by molar-refractivity contribution is 5.97. The number of alkyl halides is 4. The van der Waals surface area contributed by atoms with Crippen molar-refractivity contribution in [3.63, 3.8) is 0 Å². The average molecular weight is 445 g/mol. The first kappa shape index (κ1) is 23.3. The van der Waals surface area contributed by atoms with E-state index in [2.05, 4.69) is 10.1 Å². The number of carbonyl (C=O) groups excluding carboxylic acids is 2. The van der Waals surface area contributed by atoms with Crippen LogP contribution < -0.4 is 10.1 Å². The van der Waals surface area contributed by atoms with Crippen LogP contribution in [0.25, 0.3) is 0 Å². The van der Waals surface area contributed by atoms with Crippen molar-refractivity contribution in [2.24, 2.45) is 5.92 Å². The van der Waals surface area contributed by atoms with Gasteiger partial charge in [-0.15, -0.1) is 0 Å². The molecule has 0 bridgehead atoms. The minimum atomic E-state index is -3.04. The lowest BCUT2D eigenvalue weighted by atomic mass is 9.95. The summed E-state index contributed by atoms with van der Waals surface area (Å²) in [5, 5.41) is 2.98. The van der Waals surface area contributed by atoms with E-state index in [0.29, 0.717) is 45.3 Å². The second-order valence-electron chi connectivity index (χ2n) is 7.94. The van der Waals surface area contributed by atoms with Crippen LogP contribution >= 0.6 is 0 Å². The summed E-state index contributed by atoms with van der Waals surface area (Å²) in [5.41, 5.74) is 0.0373. The van der Waals surface area contributed by atoms with E-state index in [1.165, 1.54) is 23.1 Å². The number of nitrogens with zero attached hydrogens (tertiary/aromatic N) is 2. The largest absolute Gasteiger partial charge is 0.434 e. The lowest BCUT2D eigenvalue weighted by Crippen LogP contribution is -2.50. The quantitative estimate of drug-likeness (QED) is 0.656. The molecule has 2 aliphatic rings. The summed E-state index contributed by atoms with van der Waals surface area (Å²) in [7, 11) is 0. The van der Waals surface area contributed by atoms with E-state index in [9.17, 15) is 27.2 Å². The first-order valence-electron chi connectivity index (χ1n) is 10.5. The number of para-hydroxylation sites is 1. The van der Waals surface area contributed by atoms with E-state index < -0.39 is 24.9 Å². The summed E-state index contributed by atoms with van der Waals surface area (Å²) in [6.07, 6.45) is 0.0788. The van der Waals surface area contributed by atoms with Gasteiger partial charge >= 0.3 is 6.61 Å². The van der Waals surface area contributed by atoms with Crippen molar-refractivity contribution >= 4 is 11.8 Å². The zero-order valence-corrected chi connectivity index (χ0v) is 17.1. The van der Waals surface area contributed by atoms with Crippen molar-refractivity contribution < 1.29 is 31.9 Å². The van der Waals surface area contributed by atoms with Gasteiger partial charge < -0.3 is 15.0 Å². The highest BCUT2D eigenvalue weighted by Gasteiger charge is 2.32. The number of halogens is 4. The third-order valence-electron chi connectivity index (χ3n) is 5.74. The average Bonchev–Trinajstić information content (AvgIpc) is 2.74. The minimum absolute atomic E-state index is 0.0373. The minimum Gasteiger partial charge on any atom is -0.434 e. The molecule has 6 nitrogen and oxygen atoms in total. The first-order chi connectivity index (χ1) is 14.8. The molecule has 1 aromatic rings. The van der Waals surface area contributed by atoms with Crippen molar-refractivity contribution in [3.8, 4) is 5.75 Å². The van der Waals surface area contributed by atoms with Crippen LogP contribution in [0.4, 0.5) is 17.6 Å². The number of ether oxygens (including phenoxy) is 1. The zero-order chi connectivity index (χ0) is 22.4. The van der Waals surface area contributed by atoms with Gasteiger partial charge in [0.25, 0.3) is 12.3 Å². The molecule has 2 saturated heterocycles. The fourth-order valence-electron chi connectivity index (χ4n) is 4.16. The molecule has 1 aromatic carbocycles. The van der Waals surface area contributed by atoms with Gasteiger partial charge in [-0.2, -0.15) is 8.78 Å². The molecule has 0 aromatic heterocycles. The third kappa shape index (κ3) is 6.56. The van der Waals surface area contributed by atoms with E-state index in [-0.39, 0.29) is 36.4 Å². The second kappa shape index (κ2) is 10.8. The van der Waals surface area contributed by atoms with Crippen LogP contribution in [0.1, 0.15) is 36.0 Å². The Morgan fingerprint density at radius 1 is 1.06 bits per heavy atom. The van der Waals surface area contributed by atoms with Gasteiger partial charge in [0, 0.05) is 32.2 Å². The smallest absolute Gasteiger partial charge is 0.387 e. The van der Waals surface area contributed by atoms with E-state index in [4.69, 9.17) is 0 Å². The molecule has 0 radical (unpaired) electrons. The van der Waals surface area contributed by atoms with E-state index in [1.54, 1.807) is 11.0 Å². The van der Waals surface area contributed by atoms with Crippen LogP contribution in [0.3, 0.4) is 0 Å². The molecule has 31 heavy (non-hydrogen) atoms. The van der Waals surface area contributed by atoms with Gasteiger partial charge in [-0.3, -0.25) is 14.5 Å². The number of hydrogen-bond acceptors (Lipinski definition) is 4. The van der Waals surface area contributed by atoms with E-state index in [0.717, 1.165) is 0 Å². The third-order valence-corrected chi connectivity index (χ3v) is 5.74. The fourth-order valence-corrected chi connectivity index (χ4v) is 4.16. The molecular formula is C21H27F4N3O3. The van der Waals surface area contributed by atoms with Gasteiger partial charge in [0.05, 0.1) is 18.0 Å². The number of rotatable bonds is 7. The molecule has 2 aliphatic heterocycles. The maximum Gasteiger partial charge on any atom is 0.387 e. The molecular weight excluding hydrogens is 418 g/mol. The lowest BCUT2D eigenvalue weighted by Gasteiger charge is -2.35. The van der Waals surface area contributed by atoms with Crippen LogP contribution in [0.5, 0.6) is 5.75 Å². The SMILES string of the molecule is O=C(NC1CCN(CC(F)F)CC1)C1CCCN(C(=O)c2ccccc2OC(F)F)C1. The molecule has 10 heteroatoms. The first-order valence-corrected chi connectivity index (χ1v) is 10.5. The summed E-state index contributed by atoms with van der Waals surface area (Å²) in [5.74, 6) is -1.21. The molecule has 172 valence electrons. The van der Waals surface area contributed by atoms with Crippen molar-refractivity contribution in [3.05, 3.63) is 29.8 Å². The standard InChI is InChI=1S/C21H27F4N3O3/c22-18(23)13-27-10-7-15(8-11-27)26-19(29)14-4-3-9-28(12-14)20(30)16-5-1-2-6-17(16)31-21(24)25/h1-2,5-6,14-15,18,21H,3-4,7-13H2,(H,26,29). The van der Waals surface area contributed by atoms with Gasteiger partial charge in [0.1, 0.15) is 5.75 Å². The predicted octanol–water partition coefficient (Wildman–Crippen LogP) is 2.99. The highest BCUT2D eigenvalue weighted by Crippen LogP contribution is 2.25. The Hall–Kier alpha value is -2.36. The Kier molecular flexibility index (Phi) is 8.11. The van der Waals surface area contributed by atoms with Gasteiger partial charge in [0.15, 0.2) is 0 Å². The summed E-state index contributed by atoms with van der Waals surface area (Å²) in [6, 6.07) is 5.74. The summed E-state index contributed by atoms with van der Waals surface area (Å²) in [4.78, 5) is 28.8. The molecule has 2 fully saturated rings. The predicted molar refractivity (Wildman–Crippen MR) is 105 cm³/mol. The Labute approximate surface area is 178 Å².